The lowest BCUT2D eigenvalue weighted by Gasteiger charge is -2.34. The van der Waals surface area contributed by atoms with E-state index in [1.54, 1.807) is 17.8 Å². The molecule has 1 amide bonds. The summed E-state index contributed by atoms with van der Waals surface area (Å²) in [7, 11) is 0. The van der Waals surface area contributed by atoms with Crippen LogP contribution in [-0.4, -0.2) is 24.2 Å². The lowest BCUT2D eigenvalue weighted by Crippen LogP contribution is -2.46. The van der Waals surface area contributed by atoms with Gasteiger partial charge in [0.1, 0.15) is 5.82 Å². The fourth-order valence-corrected chi connectivity index (χ4v) is 2.90. The van der Waals surface area contributed by atoms with Gasteiger partial charge in [-0.15, -0.1) is 11.8 Å². The number of rotatable bonds is 1. The topological polar surface area (TPSA) is 46.3 Å². The van der Waals surface area contributed by atoms with Crippen LogP contribution in [0.4, 0.5) is 10.1 Å². The number of fused-ring (bicyclic) bond motifs is 1. The number of hydrogen-bond donors (Lipinski definition) is 1. The first-order chi connectivity index (χ1) is 7.65. The number of amides is 1. The molecule has 2 rings (SSSR count). The fraction of sp³-hybridized carbons (Fsp3) is 0.364. The molecule has 1 aliphatic rings. The molecule has 1 heterocycles. The molecule has 0 aromatic heterocycles. The van der Waals surface area contributed by atoms with Gasteiger partial charge in [-0.1, -0.05) is 6.07 Å². The lowest BCUT2D eigenvalue weighted by molar-refractivity contribution is -0.117. The molecule has 1 aliphatic heterocycles. The SMILES string of the molecule is CC1CSc2cccc(F)c2N1C(=O)CN. The van der Waals surface area contributed by atoms with Crippen molar-refractivity contribution in [3.8, 4) is 0 Å². The van der Waals surface area contributed by atoms with E-state index in [-0.39, 0.29) is 24.3 Å². The Morgan fingerprint density at radius 3 is 3.12 bits per heavy atom. The smallest absolute Gasteiger partial charge is 0.241 e. The van der Waals surface area contributed by atoms with Crippen molar-refractivity contribution in [2.24, 2.45) is 5.73 Å². The Balaban J connectivity index is 2.51. The summed E-state index contributed by atoms with van der Waals surface area (Å²) in [5.41, 5.74) is 5.73. The number of carbonyl (C=O) groups excluding carboxylic acids is 1. The Kier molecular flexibility index (Phi) is 3.16. The summed E-state index contributed by atoms with van der Waals surface area (Å²) in [6.45, 7) is 1.80. The predicted octanol–water partition coefficient (Wildman–Crippen LogP) is 1.61. The number of nitrogens with two attached hydrogens (primary N) is 1. The van der Waals surface area contributed by atoms with Crippen LogP contribution in [0.1, 0.15) is 6.92 Å². The van der Waals surface area contributed by atoms with Gasteiger partial charge in [0.2, 0.25) is 5.91 Å². The number of anilines is 1. The third-order valence-corrected chi connectivity index (χ3v) is 3.84. The average molecular weight is 240 g/mol. The minimum absolute atomic E-state index is 0.0227. The molecule has 1 unspecified atom stereocenters. The average Bonchev–Trinajstić information content (AvgIpc) is 2.29. The van der Waals surface area contributed by atoms with Gasteiger partial charge >= 0.3 is 0 Å². The van der Waals surface area contributed by atoms with Crippen molar-refractivity contribution < 1.29 is 9.18 Å². The summed E-state index contributed by atoms with van der Waals surface area (Å²) in [5.74, 6) is 0.167. The van der Waals surface area contributed by atoms with Gasteiger partial charge in [0.05, 0.1) is 12.2 Å². The Hall–Kier alpha value is -1.07. The zero-order valence-corrected chi connectivity index (χ0v) is 9.76. The molecule has 0 saturated carbocycles. The molecule has 86 valence electrons. The normalized spacial score (nSPS) is 19.4. The van der Waals surface area contributed by atoms with Crippen molar-refractivity contribution in [1.29, 1.82) is 0 Å². The fourth-order valence-electron chi connectivity index (χ4n) is 1.82. The van der Waals surface area contributed by atoms with Gasteiger partial charge in [-0.2, -0.15) is 0 Å². The molecule has 5 heteroatoms. The van der Waals surface area contributed by atoms with Crippen LogP contribution in [0.2, 0.25) is 0 Å². The minimum atomic E-state index is -0.363. The number of hydrogen-bond acceptors (Lipinski definition) is 3. The highest BCUT2D eigenvalue weighted by Crippen LogP contribution is 2.38. The molecule has 0 aliphatic carbocycles. The summed E-state index contributed by atoms with van der Waals surface area (Å²) in [6, 6.07) is 4.83. The van der Waals surface area contributed by atoms with E-state index < -0.39 is 0 Å². The van der Waals surface area contributed by atoms with E-state index in [4.69, 9.17) is 5.73 Å². The van der Waals surface area contributed by atoms with Gasteiger partial charge in [-0.25, -0.2) is 4.39 Å². The number of nitrogens with zero attached hydrogens (tertiary/aromatic N) is 1. The van der Waals surface area contributed by atoms with Crippen LogP contribution in [0.15, 0.2) is 23.1 Å². The van der Waals surface area contributed by atoms with Gasteiger partial charge in [0.25, 0.3) is 0 Å². The molecule has 0 bridgehead atoms. The van der Waals surface area contributed by atoms with Crippen molar-refractivity contribution in [3.63, 3.8) is 0 Å². The van der Waals surface area contributed by atoms with Gasteiger partial charge in [-0.3, -0.25) is 4.79 Å². The van der Waals surface area contributed by atoms with Crippen molar-refractivity contribution in [2.45, 2.75) is 17.9 Å². The predicted molar refractivity (Wildman–Crippen MR) is 63.1 cm³/mol. The summed E-state index contributed by atoms with van der Waals surface area (Å²) < 4.78 is 13.7. The second kappa shape index (κ2) is 4.43. The zero-order chi connectivity index (χ0) is 11.7. The summed E-state index contributed by atoms with van der Waals surface area (Å²) >= 11 is 1.57. The van der Waals surface area contributed by atoms with Crippen molar-refractivity contribution in [2.75, 3.05) is 17.2 Å². The first kappa shape index (κ1) is 11.4. The monoisotopic (exact) mass is 240 g/mol. The Bertz CT molecular complexity index is 424. The molecule has 2 N–H and O–H groups in total. The largest absolute Gasteiger partial charge is 0.322 e. The van der Waals surface area contributed by atoms with Crippen molar-refractivity contribution in [1.82, 2.24) is 0 Å². The number of thioether (sulfide) groups is 1. The van der Waals surface area contributed by atoms with Crippen LogP contribution in [0.5, 0.6) is 0 Å². The molecule has 0 spiro atoms. The van der Waals surface area contributed by atoms with Gasteiger partial charge < -0.3 is 10.6 Å². The highest BCUT2D eigenvalue weighted by atomic mass is 32.2. The maximum Gasteiger partial charge on any atom is 0.241 e. The number of para-hydroxylation sites is 1. The molecule has 0 radical (unpaired) electrons. The van der Waals surface area contributed by atoms with E-state index in [9.17, 15) is 9.18 Å². The summed E-state index contributed by atoms with van der Waals surface area (Å²) in [6.07, 6.45) is 0. The molecular weight excluding hydrogens is 227 g/mol. The third-order valence-electron chi connectivity index (χ3n) is 2.55. The van der Waals surface area contributed by atoms with Crippen molar-refractivity contribution >= 4 is 23.4 Å². The quantitative estimate of drug-likeness (QED) is 0.811. The Labute approximate surface area is 97.8 Å². The molecule has 3 nitrogen and oxygen atoms in total. The molecular formula is C11H13FN2OS. The van der Waals surface area contributed by atoms with E-state index in [1.165, 1.54) is 11.0 Å². The number of benzene rings is 1. The lowest BCUT2D eigenvalue weighted by atomic mass is 10.2. The van der Waals surface area contributed by atoms with Crippen LogP contribution < -0.4 is 10.6 Å². The number of halogens is 1. The maximum atomic E-state index is 13.7. The van der Waals surface area contributed by atoms with Crippen LogP contribution in [-0.2, 0) is 4.79 Å². The molecule has 16 heavy (non-hydrogen) atoms. The van der Waals surface area contributed by atoms with E-state index in [0.29, 0.717) is 5.69 Å². The van der Waals surface area contributed by atoms with Crippen LogP contribution in [0.25, 0.3) is 0 Å². The Morgan fingerprint density at radius 1 is 1.69 bits per heavy atom. The Morgan fingerprint density at radius 2 is 2.44 bits per heavy atom. The van der Waals surface area contributed by atoms with Crippen LogP contribution >= 0.6 is 11.8 Å². The van der Waals surface area contributed by atoms with E-state index in [2.05, 4.69) is 0 Å². The number of carbonyl (C=O) groups is 1. The molecule has 0 saturated heterocycles. The zero-order valence-electron chi connectivity index (χ0n) is 8.94. The highest BCUT2D eigenvalue weighted by Gasteiger charge is 2.30. The van der Waals surface area contributed by atoms with Gasteiger partial charge in [-0.05, 0) is 19.1 Å². The van der Waals surface area contributed by atoms with Crippen LogP contribution in [0.3, 0.4) is 0 Å². The second-order valence-electron chi connectivity index (χ2n) is 3.71. The van der Waals surface area contributed by atoms with Crippen molar-refractivity contribution in [3.05, 3.63) is 24.0 Å². The molecule has 0 fully saturated rings. The van der Waals surface area contributed by atoms with E-state index in [1.807, 2.05) is 13.0 Å². The highest BCUT2D eigenvalue weighted by molar-refractivity contribution is 7.99. The second-order valence-corrected chi connectivity index (χ2v) is 4.78. The maximum absolute atomic E-state index is 13.7. The minimum Gasteiger partial charge on any atom is -0.322 e. The van der Waals surface area contributed by atoms with E-state index >= 15 is 0 Å². The first-order valence-corrected chi connectivity index (χ1v) is 6.07. The summed E-state index contributed by atoms with van der Waals surface area (Å²) in [4.78, 5) is 14.0. The molecule has 1 aromatic rings. The molecule has 1 aromatic carbocycles. The summed E-state index contributed by atoms with van der Waals surface area (Å²) in [5, 5.41) is 0. The van der Waals surface area contributed by atoms with Crippen LogP contribution in [0, 0.1) is 5.82 Å². The standard InChI is InChI=1S/C11H13FN2OS/c1-7-6-16-9-4-2-3-8(12)11(9)14(7)10(15)5-13/h2-4,7H,5-6,13H2,1H3. The van der Waals surface area contributed by atoms with Gasteiger partial charge in [0, 0.05) is 16.7 Å². The van der Waals surface area contributed by atoms with E-state index in [0.717, 1.165) is 10.6 Å². The molecule has 1 atom stereocenters. The first-order valence-electron chi connectivity index (χ1n) is 5.08. The third kappa shape index (κ3) is 1.81. The van der Waals surface area contributed by atoms with Gasteiger partial charge in [0.15, 0.2) is 0 Å².